The van der Waals surface area contributed by atoms with E-state index in [0.717, 1.165) is 29.2 Å². The van der Waals surface area contributed by atoms with Gasteiger partial charge in [0.1, 0.15) is 0 Å². The van der Waals surface area contributed by atoms with Crippen LogP contribution in [0.1, 0.15) is 128 Å². The Morgan fingerprint density at radius 2 is 0.903 bits per heavy atom. The van der Waals surface area contributed by atoms with Gasteiger partial charge in [0.25, 0.3) is 0 Å². The van der Waals surface area contributed by atoms with Crippen molar-refractivity contribution in [3.05, 3.63) is 11.9 Å². The Morgan fingerprint density at radius 1 is 0.548 bits per heavy atom. The predicted octanol–water partition coefficient (Wildman–Crippen LogP) is 8.85. The van der Waals surface area contributed by atoms with E-state index >= 15 is 0 Å². The first-order valence-corrected chi connectivity index (χ1v) is 14.3. The van der Waals surface area contributed by atoms with E-state index < -0.39 is 0 Å². The van der Waals surface area contributed by atoms with Gasteiger partial charge in [0, 0.05) is 0 Å². The van der Waals surface area contributed by atoms with Crippen LogP contribution >= 0.6 is 0 Å². The van der Waals surface area contributed by atoms with Crippen LogP contribution in [0.25, 0.3) is 0 Å². The van der Waals surface area contributed by atoms with Crippen molar-refractivity contribution in [2.45, 2.75) is 152 Å². The highest BCUT2D eigenvalue weighted by Gasteiger charge is 2.40. The number of methoxy groups -OCH3 is 1. The molecule has 0 amide bonds. The van der Waals surface area contributed by atoms with Crippen molar-refractivity contribution >= 4 is 13.6 Å². The van der Waals surface area contributed by atoms with Gasteiger partial charge in [-0.15, -0.1) is 0 Å². The quantitative estimate of drug-likeness (QED) is 0.285. The van der Waals surface area contributed by atoms with Crippen LogP contribution in [0, 0.1) is 0 Å². The Bertz CT molecular complexity index is 491. The average molecular weight is 426 g/mol. The van der Waals surface area contributed by atoms with Crippen molar-refractivity contribution in [1.29, 1.82) is 0 Å². The van der Waals surface area contributed by atoms with Crippen LogP contribution in [-0.2, 0) is 9.39 Å². The molecule has 4 heteroatoms. The van der Waals surface area contributed by atoms with Gasteiger partial charge >= 0.3 is 6.92 Å². The molecule has 4 saturated carbocycles. The number of hydrogen-bond acceptors (Lipinski definition) is 2. The van der Waals surface area contributed by atoms with Crippen molar-refractivity contribution in [2.24, 2.45) is 0 Å². The maximum Gasteiger partial charge on any atom is 0.368 e. The Kier molecular flexibility index (Phi) is 9.63. The van der Waals surface area contributed by atoms with Crippen LogP contribution in [0.5, 0.6) is 0 Å². The molecule has 0 radical (unpaired) electrons. The molecule has 0 unspecified atom stereocenters. The summed E-state index contributed by atoms with van der Waals surface area (Å²) in [6.07, 6.45) is 28.2. The third kappa shape index (κ3) is 6.73. The third-order valence-electron chi connectivity index (χ3n) is 9.40. The zero-order valence-electron chi connectivity index (χ0n) is 20.5. The first-order valence-electron chi connectivity index (χ1n) is 14.3. The molecule has 4 rings (SSSR count). The minimum absolute atomic E-state index is 0.394. The number of ether oxygens (including phenoxy) is 1. The van der Waals surface area contributed by atoms with E-state index in [-0.39, 0.29) is 0 Å². The van der Waals surface area contributed by atoms with Crippen molar-refractivity contribution in [3.8, 4) is 0 Å². The summed E-state index contributed by atoms with van der Waals surface area (Å²) < 4.78 is 12.9. The van der Waals surface area contributed by atoms with Crippen LogP contribution in [-0.4, -0.2) is 20.7 Å². The molecule has 0 bridgehead atoms. The second-order valence-corrected chi connectivity index (χ2v) is 11.4. The maximum atomic E-state index is 6.93. The van der Waals surface area contributed by atoms with Gasteiger partial charge in [-0.05, 0) is 17.6 Å². The molecular weight excluding hydrogens is 378 g/mol. The minimum Gasteiger partial charge on any atom is -0.536 e. The summed E-state index contributed by atoms with van der Waals surface area (Å²) in [5.41, 5.74) is 0. The van der Waals surface area contributed by atoms with Crippen molar-refractivity contribution < 1.29 is 9.39 Å². The van der Waals surface area contributed by atoms with Crippen molar-refractivity contribution in [2.75, 3.05) is 7.11 Å². The van der Waals surface area contributed by atoms with Crippen LogP contribution in [0.3, 0.4) is 0 Å². The van der Waals surface area contributed by atoms with Crippen LogP contribution in [0.15, 0.2) is 11.9 Å². The van der Waals surface area contributed by atoms with Gasteiger partial charge in [0.15, 0.2) is 6.71 Å². The van der Waals surface area contributed by atoms with Gasteiger partial charge < -0.3 is 9.39 Å². The number of hydrogen-bond donors (Lipinski definition) is 0. The Morgan fingerprint density at radius 3 is 1.26 bits per heavy atom. The molecule has 0 spiro atoms. The number of rotatable bonds is 8. The zero-order valence-corrected chi connectivity index (χ0v) is 20.5. The molecule has 31 heavy (non-hydrogen) atoms. The first-order chi connectivity index (χ1) is 15.3. The lowest BCUT2D eigenvalue weighted by Crippen LogP contribution is -2.34. The largest absolute Gasteiger partial charge is 0.536 e. The van der Waals surface area contributed by atoms with Gasteiger partial charge in [0.2, 0.25) is 5.95 Å². The molecule has 0 atom stereocenters. The Hall–Kier alpha value is -0.530. The molecule has 4 aliphatic carbocycles. The molecule has 2 nitrogen and oxygen atoms in total. The highest BCUT2D eigenvalue weighted by Crippen LogP contribution is 2.44. The summed E-state index contributed by atoms with van der Waals surface area (Å²) in [6, 6.07) is 0. The highest BCUT2D eigenvalue weighted by molar-refractivity contribution is 6.67. The lowest BCUT2D eigenvalue weighted by Gasteiger charge is -2.36. The second-order valence-electron chi connectivity index (χ2n) is 11.4. The van der Waals surface area contributed by atoms with Gasteiger partial charge in [-0.1, -0.05) is 140 Å². The van der Waals surface area contributed by atoms with E-state index in [0.29, 0.717) is 13.6 Å². The van der Waals surface area contributed by atoms with E-state index in [1.54, 1.807) is 0 Å². The fraction of sp³-hybridized carbons (Fsp3) is 0.926. The molecule has 0 N–H and O–H groups in total. The Labute approximate surface area is 193 Å². The molecule has 0 aromatic carbocycles. The van der Waals surface area contributed by atoms with E-state index in [4.69, 9.17) is 9.39 Å². The lowest BCUT2D eigenvalue weighted by atomic mass is 9.30. The summed E-state index contributed by atoms with van der Waals surface area (Å²) in [5.74, 6) is 6.60. The normalized spacial score (nSPS) is 25.9. The van der Waals surface area contributed by atoms with Gasteiger partial charge in [-0.25, -0.2) is 0 Å². The second kappa shape index (κ2) is 12.6. The standard InChI is InChI=1S/C27H48B2O2/c1-30-27(22-28(23-14-6-2-7-15-23)24-16-8-3-9-17-24)31-29(25-18-10-4-11-19-25)26-20-12-5-13-21-26/h22-26H,2-21H2,1H3/b27-22+. The fourth-order valence-corrected chi connectivity index (χ4v) is 7.64. The van der Waals surface area contributed by atoms with Crippen molar-refractivity contribution in [1.82, 2.24) is 0 Å². The molecule has 0 saturated heterocycles. The summed E-state index contributed by atoms with van der Waals surface area (Å²) in [4.78, 5) is 0. The first kappa shape index (κ1) is 23.6. The summed E-state index contributed by atoms with van der Waals surface area (Å²) >= 11 is 0. The molecule has 0 aromatic rings. The molecule has 0 heterocycles. The van der Waals surface area contributed by atoms with Crippen LogP contribution < -0.4 is 0 Å². The fourth-order valence-electron chi connectivity index (χ4n) is 7.64. The lowest BCUT2D eigenvalue weighted by molar-refractivity contribution is 0.143. The highest BCUT2D eigenvalue weighted by atomic mass is 16.6. The van der Waals surface area contributed by atoms with E-state index in [1.807, 2.05) is 7.11 Å². The predicted molar refractivity (Wildman–Crippen MR) is 135 cm³/mol. The molecule has 4 aliphatic rings. The minimum atomic E-state index is 0.394. The van der Waals surface area contributed by atoms with E-state index in [1.165, 1.54) is 128 Å². The van der Waals surface area contributed by atoms with Gasteiger partial charge in [-0.2, -0.15) is 0 Å². The molecule has 0 aliphatic heterocycles. The van der Waals surface area contributed by atoms with E-state index in [9.17, 15) is 0 Å². The SMILES string of the molecule is CO/C(=C\B(C1CCCCC1)C1CCCCC1)OB(C1CCCCC1)C1CCCCC1. The summed E-state index contributed by atoms with van der Waals surface area (Å²) in [5, 5.41) is 0. The van der Waals surface area contributed by atoms with Crippen LogP contribution in [0.4, 0.5) is 0 Å². The molecule has 174 valence electrons. The third-order valence-corrected chi connectivity index (χ3v) is 9.40. The van der Waals surface area contributed by atoms with Gasteiger partial charge in [-0.3, -0.25) is 0 Å². The Balaban J connectivity index is 1.51. The van der Waals surface area contributed by atoms with Crippen molar-refractivity contribution in [3.63, 3.8) is 0 Å². The maximum absolute atomic E-state index is 6.93. The van der Waals surface area contributed by atoms with E-state index in [2.05, 4.69) is 5.98 Å². The van der Waals surface area contributed by atoms with Crippen LogP contribution in [0.2, 0.25) is 23.3 Å². The monoisotopic (exact) mass is 426 g/mol. The smallest absolute Gasteiger partial charge is 0.368 e. The summed E-state index contributed by atoms with van der Waals surface area (Å²) in [6.45, 7) is 1.07. The topological polar surface area (TPSA) is 18.5 Å². The molecular formula is C27H48B2O2. The average Bonchev–Trinajstić information content (AvgIpc) is 2.86. The molecule has 4 fully saturated rings. The zero-order chi connectivity index (χ0) is 21.3. The molecule has 0 aromatic heterocycles. The van der Waals surface area contributed by atoms with Gasteiger partial charge in [0.05, 0.1) is 7.11 Å². The summed E-state index contributed by atoms with van der Waals surface area (Å²) in [7, 11) is 1.86.